The molecular weight excluding hydrogens is 398 g/mol. The van der Waals surface area contributed by atoms with Crippen LogP contribution in [0.3, 0.4) is 0 Å². The standard InChI is InChI=1S/C26H27N5O/c1-3-26(19-7-4-6-17(13-19)18-8-11-27-16(2)12-18)20-15-28-31-23(20)29-21-14-25(9-5-10-25)30-24(32)22(21)26/h4,6-8,11-13,15,23,29H,3,5,9-10,14H2,1-2H3,(H,30,32)/t23?,26-/m1/s1. The topological polar surface area (TPSA) is 78.7 Å². The Morgan fingerprint density at radius 3 is 2.75 bits per heavy atom. The summed E-state index contributed by atoms with van der Waals surface area (Å²) in [5, 5.41) is 15.7. The fourth-order valence-corrected chi connectivity index (χ4v) is 6.03. The highest BCUT2D eigenvalue weighted by Gasteiger charge is 2.55. The number of nitrogens with zero attached hydrogens (tertiary/aromatic N) is 3. The van der Waals surface area contributed by atoms with E-state index in [9.17, 15) is 4.79 Å². The van der Waals surface area contributed by atoms with E-state index in [0.29, 0.717) is 0 Å². The maximum absolute atomic E-state index is 13.7. The maximum Gasteiger partial charge on any atom is 0.250 e. The third-order valence-electron chi connectivity index (χ3n) is 7.75. The number of nitrogens with one attached hydrogen (secondary N) is 2. The fraction of sp³-hybridized carbons (Fsp3) is 0.385. The van der Waals surface area contributed by atoms with Gasteiger partial charge in [0.2, 0.25) is 0 Å². The molecule has 1 aromatic carbocycles. The van der Waals surface area contributed by atoms with Gasteiger partial charge in [0.05, 0.1) is 17.2 Å². The van der Waals surface area contributed by atoms with Crippen molar-refractivity contribution in [3.63, 3.8) is 0 Å². The Morgan fingerprint density at radius 1 is 1.16 bits per heavy atom. The van der Waals surface area contributed by atoms with Gasteiger partial charge < -0.3 is 10.6 Å². The van der Waals surface area contributed by atoms with E-state index in [2.05, 4.69) is 63.1 Å². The Bertz CT molecular complexity index is 1220. The molecule has 6 rings (SSSR count). The number of aryl methyl sites for hydroxylation is 1. The van der Waals surface area contributed by atoms with Gasteiger partial charge in [-0.25, -0.2) is 0 Å². The van der Waals surface area contributed by atoms with Gasteiger partial charge >= 0.3 is 0 Å². The number of carbonyl (C=O) groups excluding carboxylic acids is 1. The average molecular weight is 426 g/mol. The molecule has 0 saturated heterocycles. The summed E-state index contributed by atoms with van der Waals surface area (Å²) >= 11 is 0. The lowest BCUT2D eigenvalue weighted by Crippen LogP contribution is -2.62. The molecule has 32 heavy (non-hydrogen) atoms. The maximum atomic E-state index is 13.7. The first-order chi connectivity index (χ1) is 15.5. The molecule has 6 nitrogen and oxygen atoms in total. The molecule has 162 valence electrons. The SMILES string of the molecule is CC[C@@]1(c2cccc(-c3ccnc(C)c3)c2)C2=CN=NC2NC2=C1C(=O)NC1(CCC1)C2. The first-order valence-electron chi connectivity index (χ1n) is 11.5. The molecule has 1 aromatic heterocycles. The molecule has 2 aromatic rings. The molecule has 1 spiro atoms. The van der Waals surface area contributed by atoms with E-state index >= 15 is 0 Å². The second kappa shape index (κ2) is 6.86. The minimum absolute atomic E-state index is 0.0525. The molecule has 3 aliphatic heterocycles. The highest BCUT2D eigenvalue weighted by Crippen LogP contribution is 2.53. The zero-order chi connectivity index (χ0) is 21.9. The summed E-state index contributed by atoms with van der Waals surface area (Å²) in [4.78, 5) is 18.0. The van der Waals surface area contributed by atoms with Crippen LogP contribution in [0.5, 0.6) is 0 Å². The molecule has 1 saturated carbocycles. The molecular formula is C26H27N5O. The van der Waals surface area contributed by atoms with Gasteiger partial charge in [-0.05, 0) is 67.5 Å². The van der Waals surface area contributed by atoms with E-state index in [1.54, 1.807) is 0 Å². The molecule has 2 N–H and O–H groups in total. The van der Waals surface area contributed by atoms with E-state index in [1.165, 1.54) is 6.42 Å². The fourth-order valence-electron chi connectivity index (χ4n) is 6.03. The van der Waals surface area contributed by atoms with Crippen LogP contribution in [0.4, 0.5) is 0 Å². The van der Waals surface area contributed by atoms with Gasteiger partial charge in [-0.15, -0.1) is 0 Å². The Morgan fingerprint density at radius 2 is 2.00 bits per heavy atom. The molecule has 2 atom stereocenters. The highest BCUT2D eigenvalue weighted by molar-refractivity contribution is 6.00. The third-order valence-corrected chi connectivity index (χ3v) is 7.75. The van der Waals surface area contributed by atoms with Crippen molar-refractivity contribution in [1.29, 1.82) is 0 Å². The zero-order valence-corrected chi connectivity index (χ0v) is 18.5. The van der Waals surface area contributed by atoms with Crippen molar-refractivity contribution >= 4 is 5.91 Å². The van der Waals surface area contributed by atoms with Crippen molar-refractivity contribution in [3.8, 4) is 11.1 Å². The number of amides is 1. The van der Waals surface area contributed by atoms with Crippen molar-refractivity contribution in [2.45, 2.75) is 63.1 Å². The summed E-state index contributed by atoms with van der Waals surface area (Å²) in [6.45, 7) is 4.17. The Labute approximate surface area is 187 Å². The van der Waals surface area contributed by atoms with Gasteiger partial charge in [-0.1, -0.05) is 25.1 Å². The van der Waals surface area contributed by atoms with Crippen LogP contribution >= 0.6 is 0 Å². The van der Waals surface area contributed by atoms with Crippen molar-refractivity contribution < 1.29 is 4.79 Å². The van der Waals surface area contributed by atoms with Gasteiger partial charge in [0, 0.05) is 35.1 Å². The lowest BCUT2D eigenvalue weighted by Gasteiger charge is -2.52. The second-order valence-corrected chi connectivity index (χ2v) is 9.51. The van der Waals surface area contributed by atoms with E-state index < -0.39 is 5.41 Å². The first kappa shape index (κ1) is 19.4. The quantitative estimate of drug-likeness (QED) is 0.749. The summed E-state index contributed by atoms with van der Waals surface area (Å²) in [5.41, 5.74) is 6.65. The van der Waals surface area contributed by atoms with Crippen molar-refractivity contribution in [2.24, 2.45) is 10.2 Å². The molecule has 1 aliphatic carbocycles. The van der Waals surface area contributed by atoms with Crippen LogP contribution < -0.4 is 10.6 Å². The summed E-state index contributed by atoms with van der Waals surface area (Å²) < 4.78 is 0. The van der Waals surface area contributed by atoms with Crippen molar-refractivity contribution in [1.82, 2.24) is 15.6 Å². The first-order valence-corrected chi connectivity index (χ1v) is 11.5. The number of carbonyl (C=O) groups is 1. The second-order valence-electron chi connectivity index (χ2n) is 9.51. The lowest BCUT2D eigenvalue weighted by molar-refractivity contribution is -0.122. The molecule has 0 radical (unpaired) electrons. The number of hydrogen-bond donors (Lipinski definition) is 2. The monoisotopic (exact) mass is 425 g/mol. The number of pyridine rings is 1. The van der Waals surface area contributed by atoms with Crippen LogP contribution in [0.25, 0.3) is 11.1 Å². The molecule has 0 bridgehead atoms. The number of fused-ring (bicyclic) bond motifs is 1. The summed E-state index contributed by atoms with van der Waals surface area (Å²) in [6, 6.07) is 12.7. The number of azo groups is 1. The third kappa shape index (κ3) is 2.65. The molecule has 1 fully saturated rings. The van der Waals surface area contributed by atoms with Crippen LogP contribution in [0.1, 0.15) is 50.3 Å². The van der Waals surface area contributed by atoms with Crippen LogP contribution in [-0.2, 0) is 10.2 Å². The van der Waals surface area contributed by atoms with Gasteiger partial charge in [0.15, 0.2) is 6.17 Å². The predicted octanol–water partition coefficient (Wildman–Crippen LogP) is 4.68. The van der Waals surface area contributed by atoms with Gasteiger partial charge in [-0.3, -0.25) is 9.78 Å². The summed E-state index contributed by atoms with van der Waals surface area (Å²) in [6.07, 6.45) is 8.36. The minimum atomic E-state index is -0.553. The van der Waals surface area contributed by atoms with Crippen molar-refractivity contribution in [2.75, 3.05) is 0 Å². The predicted molar refractivity (Wildman–Crippen MR) is 123 cm³/mol. The van der Waals surface area contributed by atoms with Crippen molar-refractivity contribution in [3.05, 3.63) is 76.9 Å². The van der Waals surface area contributed by atoms with Crippen LogP contribution in [0.15, 0.2) is 75.9 Å². The number of aromatic nitrogens is 1. The summed E-state index contributed by atoms with van der Waals surface area (Å²) in [7, 11) is 0. The number of hydrogen-bond acceptors (Lipinski definition) is 5. The highest BCUT2D eigenvalue weighted by atomic mass is 16.2. The normalized spacial score (nSPS) is 27.2. The number of rotatable bonds is 3. The molecule has 1 unspecified atom stereocenters. The Hall–Kier alpha value is -3.28. The minimum Gasteiger partial charge on any atom is -0.362 e. The van der Waals surface area contributed by atoms with Crippen LogP contribution in [0.2, 0.25) is 0 Å². The van der Waals surface area contributed by atoms with E-state index in [4.69, 9.17) is 0 Å². The molecule has 4 heterocycles. The van der Waals surface area contributed by atoms with Crippen LogP contribution in [-0.4, -0.2) is 22.6 Å². The van der Waals surface area contributed by atoms with Gasteiger partial charge in [0.1, 0.15) is 0 Å². The average Bonchev–Trinajstić information content (AvgIpc) is 3.25. The smallest absolute Gasteiger partial charge is 0.250 e. The number of benzene rings is 1. The van der Waals surface area contributed by atoms with Gasteiger partial charge in [-0.2, -0.15) is 10.2 Å². The molecule has 1 amide bonds. The van der Waals surface area contributed by atoms with E-state index in [0.717, 1.165) is 64.9 Å². The van der Waals surface area contributed by atoms with E-state index in [-0.39, 0.29) is 17.6 Å². The Balaban J connectivity index is 1.55. The lowest BCUT2D eigenvalue weighted by atomic mass is 9.60. The zero-order valence-electron chi connectivity index (χ0n) is 18.5. The van der Waals surface area contributed by atoms with E-state index in [1.807, 2.05) is 25.4 Å². The van der Waals surface area contributed by atoms with Gasteiger partial charge in [0.25, 0.3) is 5.91 Å². The summed E-state index contributed by atoms with van der Waals surface area (Å²) in [5.74, 6) is 0.0525. The Kier molecular flexibility index (Phi) is 4.16. The molecule has 4 aliphatic rings. The largest absolute Gasteiger partial charge is 0.362 e. The van der Waals surface area contributed by atoms with Crippen LogP contribution in [0, 0.1) is 6.92 Å². The molecule has 6 heteroatoms.